The Kier molecular flexibility index (Phi) is 48.8. The highest BCUT2D eigenvalue weighted by Gasteiger charge is 2.19. The van der Waals surface area contributed by atoms with E-state index in [1.165, 1.54) is 141 Å². The molecule has 0 aliphatic carbocycles. The standard InChI is InChI=1S/C56H100O6/c1-4-7-10-13-16-19-22-25-28-29-32-34-37-40-43-46-49-55(58)61-52-53(62-56(59)50-47-44-41-38-35-31-27-24-21-18-15-12-9-6-3)51-60-54(57)48-45-42-39-36-33-30-26-23-20-17-14-11-8-5-2/h7,10,16,19,25,28,32,34,53H,4-6,8-9,11-15,17-18,20-24,26-27,29-31,33,35-52H2,1-3H3/b10-7-,19-16-,28-25-,34-32-. The smallest absolute Gasteiger partial charge is 0.306 e. The number of carbonyl (C=O) groups is 3. The Labute approximate surface area is 384 Å². The summed E-state index contributed by atoms with van der Waals surface area (Å²) in [5, 5.41) is 0. The maximum atomic E-state index is 12.8. The predicted molar refractivity (Wildman–Crippen MR) is 265 cm³/mol. The van der Waals surface area contributed by atoms with Gasteiger partial charge < -0.3 is 14.2 Å². The maximum absolute atomic E-state index is 12.8. The Morgan fingerprint density at radius 3 is 0.984 bits per heavy atom. The summed E-state index contributed by atoms with van der Waals surface area (Å²) in [6.45, 7) is 6.52. The minimum absolute atomic E-state index is 0.0793. The third kappa shape index (κ3) is 48.4. The quantitative estimate of drug-likeness (QED) is 0.0262. The molecule has 0 aromatic heterocycles. The summed E-state index contributed by atoms with van der Waals surface area (Å²) in [6, 6.07) is 0. The number of ether oxygens (including phenoxy) is 3. The van der Waals surface area contributed by atoms with Crippen LogP contribution in [0.15, 0.2) is 48.6 Å². The molecule has 360 valence electrons. The Bertz CT molecular complexity index is 1090. The molecular weight excluding hydrogens is 769 g/mol. The zero-order chi connectivity index (χ0) is 45.1. The molecule has 0 spiro atoms. The van der Waals surface area contributed by atoms with E-state index < -0.39 is 6.10 Å². The van der Waals surface area contributed by atoms with Crippen LogP contribution >= 0.6 is 0 Å². The molecule has 1 atom stereocenters. The zero-order valence-electron chi connectivity index (χ0n) is 41.1. The fraction of sp³-hybridized carbons (Fsp3) is 0.804. The molecule has 0 heterocycles. The molecule has 0 amide bonds. The van der Waals surface area contributed by atoms with E-state index in [9.17, 15) is 14.4 Å². The highest BCUT2D eigenvalue weighted by atomic mass is 16.6. The van der Waals surface area contributed by atoms with E-state index in [-0.39, 0.29) is 31.1 Å². The van der Waals surface area contributed by atoms with Crippen molar-refractivity contribution in [1.82, 2.24) is 0 Å². The number of esters is 3. The fourth-order valence-corrected chi connectivity index (χ4v) is 7.61. The molecule has 0 aliphatic rings. The first-order valence-corrected chi connectivity index (χ1v) is 26.6. The van der Waals surface area contributed by atoms with Crippen LogP contribution in [-0.2, 0) is 28.6 Å². The van der Waals surface area contributed by atoms with E-state index in [2.05, 4.69) is 69.4 Å². The third-order valence-electron chi connectivity index (χ3n) is 11.6. The van der Waals surface area contributed by atoms with E-state index in [0.717, 1.165) is 89.9 Å². The van der Waals surface area contributed by atoms with Gasteiger partial charge in [-0.3, -0.25) is 14.4 Å². The van der Waals surface area contributed by atoms with Crippen molar-refractivity contribution in [3.63, 3.8) is 0 Å². The molecule has 0 saturated heterocycles. The summed E-state index contributed by atoms with van der Waals surface area (Å²) in [4.78, 5) is 38.0. The number of carbonyl (C=O) groups excluding carboxylic acids is 3. The molecule has 62 heavy (non-hydrogen) atoms. The lowest BCUT2D eigenvalue weighted by molar-refractivity contribution is -0.167. The Morgan fingerprint density at radius 2 is 0.629 bits per heavy atom. The van der Waals surface area contributed by atoms with Crippen molar-refractivity contribution < 1.29 is 28.6 Å². The normalized spacial score (nSPS) is 12.4. The van der Waals surface area contributed by atoms with Gasteiger partial charge in [-0.15, -0.1) is 0 Å². The molecule has 0 bridgehead atoms. The molecule has 1 unspecified atom stereocenters. The highest BCUT2D eigenvalue weighted by molar-refractivity contribution is 5.71. The summed E-state index contributed by atoms with van der Waals surface area (Å²) in [6.07, 6.45) is 60.9. The first-order valence-electron chi connectivity index (χ1n) is 26.6. The summed E-state index contributed by atoms with van der Waals surface area (Å²) < 4.78 is 16.8. The number of unbranched alkanes of at least 4 members (excludes halogenated alkanes) is 29. The summed E-state index contributed by atoms with van der Waals surface area (Å²) in [7, 11) is 0. The van der Waals surface area contributed by atoms with Gasteiger partial charge in [-0.1, -0.05) is 243 Å². The maximum Gasteiger partial charge on any atom is 0.306 e. The molecule has 0 aliphatic heterocycles. The third-order valence-corrected chi connectivity index (χ3v) is 11.6. The average molecular weight is 869 g/mol. The lowest BCUT2D eigenvalue weighted by Gasteiger charge is -2.18. The van der Waals surface area contributed by atoms with E-state index in [4.69, 9.17) is 14.2 Å². The summed E-state index contributed by atoms with van der Waals surface area (Å²) in [5.41, 5.74) is 0. The average Bonchev–Trinajstić information content (AvgIpc) is 3.27. The van der Waals surface area contributed by atoms with Crippen molar-refractivity contribution in [3.8, 4) is 0 Å². The van der Waals surface area contributed by atoms with Crippen molar-refractivity contribution in [2.75, 3.05) is 13.2 Å². The second-order valence-electron chi connectivity index (χ2n) is 17.8. The molecule has 6 nitrogen and oxygen atoms in total. The van der Waals surface area contributed by atoms with Crippen LogP contribution in [0.3, 0.4) is 0 Å². The topological polar surface area (TPSA) is 78.9 Å². The van der Waals surface area contributed by atoms with Gasteiger partial charge in [0.1, 0.15) is 13.2 Å². The Balaban J connectivity index is 4.40. The SMILES string of the molecule is CC/C=C\C/C=C\C/C=C\C/C=C\CCCCCC(=O)OCC(COC(=O)CCCCCCCCCCCCCCCC)OC(=O)CCCCCCCCCCCCCCCC. The van der Waals surface area contributed by atoms with Crippen LogP contribution in [0, 0.1) is 0 Å². The number of hydrogen-bond acceptors (Lipinski definition) is 6. The largest absolute Gasteiger partial charge is 0.462 e. The van der Waals surface area contributed by atoms with Gasteiger partial charge in [-0.2, -0.15) is 0 Å². The van der Waals surface area contributed by atoms with Gasteiger partial charge in [-0.05, 0) is 57.8 Å². The van der Waals surface area contributed by atoms with Crippen molar-refractivity contribution in [2.24, 2.45) is 0 Å². The monoisotopic (exact) mass is 869 g/mol. The molecule has 0 rings (SSSR count). The van der Waals surface area contributed by atoms with Gasteiger partial charge in [0.2, 0.25) is 0 Å². The van der Waals surface area contributed by atoms with E-state index in [0.29, 0.717) is 19.3 Å². The molecule has 0 aromatic carbocycles. The van der Waals surface area contributed by atoms with E-state index in [1.807, 2.05) is 0 Å². The van der Waals surface area contributed by atoms with Gasteiger partial charge in [0.15, 0.2) is 6.10 Å². The molecule has 6 heteroatoms. The van der Waals surface area contributed by atoms with Gasteiger partial charge in [-0.25, -0.2) is 0 Å². The lowest BCUT2D eigenvalue weighted by Crippen LogP contribution is -2.30. The molecule has 0 radical (unpaired) electrons. The molecule has 0 aromatic rings. The van der Waals surface area contributed by atoms with Crippen LogP contribution in [-0.4, -0.2) is 37.2 Å². The van der Waals surface area contributed by atoms with Gasteiger partial charge in [0.25, 0.3) is 0 Å². The van der Waals surface area contributed by atoms with Crippen LogP contribution in [0.4, 0.5) is 0 Å². The van der Waals surface area contributed by atoms with Gasteiger partial charge >= 0.3 is 17.9 Å². The van der Waals surface area contributed by atoms with E-state index >= 15 is 0 Å². The number of rotatable bonds is 48. The second kappa shape index (κ2) is 51.0. The van der Waals surface area contributed by atoms with E-state index in [1.54, 1.807) is 0 Å². The highest BCUT2D eigenvalue weighted by Crippen LogP contribution is 2.16. The van der Waals surface area contributed by atoms with Crippen LogP contribution in [0.5, 0.6) is 0 Å². The summed E-state index contributed by atoms with van der Waals surface area (Å²) >= 11 is 0. The Hall–Kier alpha value is -2.63. The molecule has 0 fully saturated rings. The molecule has 0 saturated carbocycles. The van der Waals surface area contributed by atoms with Gasteiger partial charge in [0, 0.05) is 19.3 Å². The van der Waals surface area contributed by atoms with Crippen LogP contribution < -0.4 is 0 Å². The predicted octanol–water partition coefficient (Wildman–Crippen LogP) is 17.5. The first-order chi connectivity index (χ1) is 30.5. The van der Waals surface area contributed by atoms with Crippen LogP contribution in [0.1, 0.15) is 271 Å². The van der Waals surface area contributed by atoms with Crippen molar-refractivity contribution in [3.05, 3.63) is 48.6 Å². The van der Waals surface area contributed by atoms with Crippen molar-refractivity contribution in [2.45, 2.75) is 277 Å². The van der Waals surface area contributed by atoms with Gasteiger partial charge in [0.05, 0.1) is 0 Å². The zero-order valence-corrected chi connectivity index (χ0v) is 41.1. The summed E-state index contributed by atoms with van der Waals surface area (Å²) in [5.74, 6) is -0.900. The fourth-order valence-electron chi connectivity index (χ4n) is 7.61. The van der Waals surface area contributed by atoms with Crippen LogP contribution in [0.2, 0.25) is 0 Å². The minimum Gasteiger partial charge on any atom is -0.462 e. The number of hydrogen-bond donors (Lipinski definition) is 0. The second-order valence-corrected chi connectivity index (χ2v) is 17.8. The first kappa shape index (κ1) is 59.4. The molecular formula is C56H100O6. The Morgan fingerprint density at radius 1 is 0.339 bits per heavy atom. The minimum atomic E-state index is -0.781. The van der Waals surface area contributed by atoms with Crippen molar-refractivity contribution in [1.29, 1.82) is 0 Å². The van der Waals surface area contributed by atoms with Crippen LogP contribution in [0.25, 0.3) is 0 Å². The molecule has 0 N–H and O–H groups in total. The number of allylic oxidation sites excluding steroid dienone is 8. The van der Waals surface area contributed by atoms with Crippen molar-refractivity contribution >= 4 is 17.9 Å². The lowest BCUT2D eigenvalue weighted by atomic mass is 10.0.